The first kappa shape index (κ1) is 13.8. The molecule has 1 aromatic carbocycles. The fourth-order valence-corrected chi connectivity index (χ4v) is 3.32. The van der Waals surface area contributed by atoms with Crippen LogP contribution in [0.5, 0.6) is 0 Å². The summed E-state index contributed by atoms with van der Waals surface area (Å²) in [5, 5.41) is 5.16. The monoisotopic (exact) mass is 299 g/mol. The molecule has 0 radical (unpaired) electrons. The van der Waals surface area contributed by atoms with Gasteiger partial charge in [-0.05, 0) is 37.4 Å². The van der Waals surface area contributed by atoms with E-state index in [1.807, 2.05) is 44.3 Å². The highest BCUT2D eigenvalue weighted by molar-refractivity contribution is 7.11. The fraction of sp³-hybridized carbons (Fsp3) is 0.250. The van der Waals surface area contributed by atoms with Crippen molar-refractivity contribution in [3.63, 3.8) is 0 Å². The molecule has 21 heavy (non-hydrogen) atoms. The van der Waals surface area contributed by atoms with Gasteiger partial charge in [0.2, 0.25) is 0 Å². The molecule has 0 fully saturated rings. The molecule has 2 N–H and O–H groups in total. The molecule has 0 spiro atoms. The number of nitrogens with zero attached hydrogens (tertiary/aromatic N) is 1. The Morgan fingerprint density at radius 1 is 1.33 bits per heavy atom. The third-order valence-corrected chi connectivity index (χ3v) is 4.59. The van der Waals surface area contributed by atoms with Gasteiger partial charge in [-0.2, -0.15) is 0 Å². The van der Waals surface area contributed by atoms with Gasteiger partial charge in [-0.25, -0.2) is 4.98 Å². The highest BCUT2D eigenvalue weighted by Gasteiger charge is 2.08. The number of nitrogens with one attached hydrogen (secondary N) is 2. The van der Waals surface area contributed by atoms with Gasteiger partial charge < -0.3 is 10.3 Å². The second-order valence-corrected chi connectivity index (χ2v) is 6.31. The molecular weight excluding hydrogens is 282 g/mol. The molecule has 0 bridgehead atoms. The van der Waals surface area contributed by atoms with Crippen LogP contribution in [0.25, 0.3) is 10.9 Å². The molecule has 4 nitrogen and oxygen atoms in total. The molecule has 2 aromatic heterocycles. The van der Waals surface area contributed by atoms with Crippen molar-refractivity contribution in [2.45, 2.75) is 20.3 Å². The second kappa shape index (κ2) is 5.69. The van der Waals surface area contributed by atoms with Gasteiger partial charge >= 0.3 is 0 Å². The fourth-order valence-electron chi connectivity index (χ4n) is 2.39. The minimum absolute atomic E-state index is 0.0367. The number of carbonyl (C=O) groups is 1. The molecule has 0 aliphatic heterocycles. The minimum Gasteiger partial charge on any atom is -0.361 e. The zero-order chi connectivity index (χ0) is 14.8. The normalized spacial score (nSPS) is 11.0. The van der Waals surface area contributed by atoms with Gasteiger partial charge in [0, 0.05) is 35.1 Å². The molecule has 3 rings (SSSR count). The second-order valence-electron chi connectivity index (χ2n) is 5.03. The number of aryl methyl sites for hydroxylation is 2. The highest BCUT2D eigenvalue weighted by Crippen LogP contribution is 2.17. The minimum atomic E-state index is -0.0367. The summed E-state index contributed by atoms with van der Waals surface area (Å²) in [5.41, 5.74) is 2.73. The summed E-state index contributed by atoms with van der Waals surface area (Å²) < 4.78 is 0. The predicted octanol–water partition coefficient (Wildman–Crippen LogP) is 3.21. The molecule has 3 aromatic rings. The van der Waals surface area contributed by atoms with Gasteiger partial charge in [0.05, 0.1) is 10.7 Å². The summed E-state index contributed by atoms with van der Waals surface area (Å²) in [7, 11) is 0. The molecule has 0 saturated heterocycles. The van der Waals surface area contributed by atoms with E-state index in [0.29, 0.717) is 12.1 Å². The van der Waals surface area contributed by atoms with E-state index >= 15 is 0 Å². The Labute approximate surface area is 127 Å². The van der Waals surface area contributed by atoms with Gasteiger partial charge in [0.25, 0.3) is 5.91 Å². The van der Waals surface area contributed by atoms with E-state index in [0.717, 1.165) is 28.0 Å². The number of fused-ring (bicyclic) bond motifs is 1. The summed E-state index contributed by atoms with van der Waals surface area (Å²) in [6, 6.07) is 7.68. The third kappa shape index (κ3) is 2.97. The molecule has 1 amide bonds. The smallest absolute Gasteiger partial charge is 0.251 e. The number of rotatable bonds is 4. The molecular formula is C16H17N3OS. The van der Waals surface area contributed by atoms with E-state index in [1.165, 1.54) is 4.88 Å². The van der Waals surface area contributed by atoms with Gasteiger partial charge in [-0.3, -0.25) is 4.79 Å². The van der Waals surface area contributed by atoms with Crippen LogP contribution in [0.2, 0.25) is 0 Å². The van der Waals surface area contributed by atoms with E-state index in [9.17, 15) is 4.79 Å². The van der Waals surface area contributed by atoms with Crippen molar-refractivity contribution < 1.29 is 4.79 Å². The topological polar surface area (TPSA) is 57.8 Å². The lowest BCUT2D eigenvalue weighted by molar-refractivity contribution is 0.0954. The van der Waals surface area contributed by atoms with Crippen molar-refractivity contribution in [2.24, 2.45) is 0 Å². The van der Waals surface area contributed by atoms with E-state index < -0.39 is 0 Å². The first-order chi connectivity index (χ1) is 10.1. The number of thiazole rings is 1. The maximum Gasteiger partial charge on any atom is 0.251 e. The van der Waals surface area contributed by atoms with Crippen LogP contribution < -0.4 is 5.32 Å². The third-order valence-electron chi connectivity index (χ3n) is 3.45. The number of hydrogen-bond donors (Lipinski definition) is 2. The molecule has 5 heteroatoms. The van der Waals surface area contributed by atoms with Crippen molar-refractivity contribution in [3.8, 4) is 0 Å². The molecule has 0 aliphatic carbocycles. The van der Waals surface area contributed by atoms with Crippen LogP contribution in [-0.4, -0.2) is 22.4 Å². The van der Waals surface area contributed by atoms with E-state index in [2.05, 4.69) is 15.3 Å². The van der Waals surface area contributed by atoms with Crippen LogP contribution >= 0.6 is 11.3 Å². The summed E-state index contributed by atoms with van der Waals surface area (Å²) in [4.78, 5) is 20.9. The Morgan fingerprint density at radius 2 is 2.19 bits per heavy atom. The first-order valence-electron chi connectivity index (χ1n) is 6.92. The zero-order valence-corrected chi connectivity index (χ0v) is 12.9. The maximum atomic E-state index is 12.2. The lowest BCUT2D eigenvalue weighted by Crippen LogP contribution is -2.25. The Kier molecular flexibility index (Phi) is 3.75. The van der Waals surface area contributed by atoms with E-state index in [1.54, 1.807) is 11.3 Å². The summed E-state index contributed by atoms with van der Waals surface area (Å²) in [5.74, 6) is -0.0367. The van der Waals surface area contributed by atoms with Crippen LogP contribution in [0.3, 0.4) is 0 Å². The van der Waals surface area contributed by atoms with Crippen molar-refractivity contribution in [1.82, 2.24) is 15.3 Å². The van der Waals surface area contributed by atoms with Crippen molar-refractivity contribution in [1.29, 1.82) is 0 Å². The Balaban J connectivity index is 1.62. The number of carbonyl (C=O) groups excluding carboxylic acids is 1. The molecule has 2 heterocycles. The van der Waals surface area contributed by atoms with Crippen LogP contribution in [-0.2, 0) is 6.42 Å². The Bertz CT molecular complexity index is 788. The summed E-state index contributed by atoms with van der Waals surface area (Å²) in [6.45, 7) is 4.65. The van der Waals surface area contributed by atoms with Crippen LogP contribution in [0, 0.1) is 13.8 Å². The molecule has 0 atom stereocenters. The van der Waals surface area contributed by atoms with E-state index in [4.69, 9.17) is 0 Å². The number of amides is 1. The molecule has 0 unspecified atom stereocenters. The maximum absolute atomic E-state index is 12.2. The standard InChI is InChI=1S/C16H17N3OS/c1-10-15(21-11(2)19-10)6-8-18-16(20)13-4-3-12-5-7-17-14(12)9-13/h3-5,7,9,17H,6,8H2,1-2H3,(H,18,20). The predicted molar refractivity (Wildman–Crippen MR) is 85.9 cm³/mol. The lowest BCUT2D eigenvalue weighted by Gasteiger charge is -2.05. The van der Waals surface area contributed by atoms with Crippen molar-refractivity contribution in [2.75, 3.05) is 6.54 Å². The Hall–Kier alpha value is -2.14. The van der Waals surface area contributed by atoms with E-state index in [-0.39, 0.29) is 5.91 Å². The molecule has 0 saturated carbocycles. The number of aromatic nitrogens is 2. The quantitative estimate of drug-likeness (QED) is 0.777. The van der Waals surface area contributed by atoms with Crippen molar-refractivity contribution >= 4 is 28.1 Å². The number of hydrogen-bond acceptors (Lipinski definition) is 3. The van der Waals surface area contributed by atoms with Gasteiger partial charge in [-0.15, -0.1) is 11.3 Å². The average Bonchev–Trinajstić information content (AvgIpc) is 3.04. The first-order valence-corrected chi connectivity index (χ1v) is 7.73. The number of H-pyrrole nitrogens is 1. The van der Waals surface area contributed by atoms with Crippen LogP contribution in [0.4, 0.5) is 0 Å². The number of aromatic amines is 1. The van der Waals surface area contributed by atoms with Gasteiger partial charge in [-0.1, -0.05) is 6.07 Å². The zero-order valence-electron chi connectivity index (χ0n) is 12.1. The van der Waals surface area contributed by atoms with Crippen LogP contribution in [0.15, 0.2) is 30.5 Å². The largest absolute Gasteiger partial charge is 0.361 e. The average molecular weight is 299 g/mol. The Morgan fingerprint density at radius 3 is 2.95 bits per heavy atom. The van der Waals surface area contributed by atoms with Gasteiger partial charge in [0.1, 0.15) is 0 Å². The van der Waals surface area contributed by atoms with Gasteiger partial charge in [0.15, 0.2) is 0 Å². The number of benzene rings is 1. The summed E-state index contributed by atoms with van der Waals surface area (Å²) >= 11 is 1.70. The SMILES string of the molecule is Cc1nc(C)c(CCNC(=O)c2ccc3cc[nH]c3c2)s1. The summed E-state index contributed by atoms with van der Waals surface area (Å²) in [6.07, 6.45) is 2.70. The molecule has 0 aliphatic rings. The van der Waals surface area contributed by atoms with Crippen molar-refractivity contribution in [3.05, 3.63) is 51.6 Å². The van der Waals surface area contributed by atoms with Crippen LogP contribution in [0.1, 0.15) is 25.9 Å². The highest BCUT2D eigenvalue weighted by atomic mass is 32.1. The molecule has 108 valence electrons. The lowest BCUT2D eigenvalue weighted by atomic mass is 10.1.